The predicted octanol–water partition coefficient (Wildman–Crippen LogP) is 0.762. The van der Waals surface area contributed by atoms with Crippen molar-refractivity contribution in [1.29, 1.82) is 0 Å². The molecule has 20 heavy (non-hydrogen) atoms. The summed E-state index contributed by atoms with van der Waals surface area (Å²) in [6.07, 6.45) is 1.66. The van der Waals surface area contributed by atoms with Crippen molar-refractivity contribution in [3.8, 4) is 0 Å². The van der Waals surface area contributed by atoms with E-state index in [1.54, 1.807) is 6.07 Å². The zero-order valence-corrected chi connectivity index (χ0v) is 12.6. The Morgan fingerprint density at radius 2 is 2.25 bits per heavy atom. The molecule has 0 unspecified atom stereocenters. The molecule has 2 heterocycles. The molecule has 0 atom stereocenters. The van der Waals surface area contributed by atoms with Crippen LogP contribution >= 0.6 is 11.3 Å². The maximum absolute atomic E-state index is 12.1. The molecule has 0 spiro atoms. The van der Waals surface area contributed by atoms with Gasteiger partial charge in [-0.25, -0.2) is 13.1 Å². The van der Waals surface area contributed by atoms with Gasteiger partial charge in [0.15, 0.2) is 6.33 Å². The molecule has 2 aromatic heterocycles. The van der Waals surface area contributed by atoms with E-state index in [1.165, 1.54) is 17.7 Å². The molecule has 110 valence electrons. The zero-order chi connectivity index (χ0) is 14.4. The molecule has 0 aliphatic carbocycles. The number of nitrogens with zero attached hydrogens (tertiary/aromatic N) is 2. The van der Waals surface area contributed by atoms with Crippen molar-refractivity contribution in [2.24, 2.45) is 0 Å². The first-order chi connectivity index (χ1) is 9.62. The second-order valence-corrected chi connectivity index (χ2v) is 7.15. The highest BCUT2D eigenvalue weighted by atomic mass is 32.2. The maximum Gasteiger partial charge on any atom is 0.250 e. The van der Waals surface area contributed by atoms with Gasteiger partial charge in [0.1, 0.15) is 4.21 Å². The molecule has 0 amide bonds. The van der Waals surface area contributed by atoms with Gasteiger partial charge >= 0.3 is 0 Å². The molecule has 0 aliphatic rings. The second-order valence-electron chi connectivity index (χ2n) is 3.98. The summed E-state index contributed by atoms with van der Waals surface area (Å²) in [5, 5.41) is 6.62. The van der Waals surface area contributed by atoms with Crippen molar-refractivity contribution >= 4 is 21.4 Å². The third-order valence-corrected chi connectivity index (χ3v) is 5.53. The van der Waals surface area contributed by atoms with E-state index in [0.29, 0.717) is 23.1 Å². The van der Waals surface area contributed by atoms with Gasteiger partial charge in [0.2, 0.25) is 15.9 Å². The lowest BCUT2D eigenvalue weighted by molar-refractivity contribution is 0.377. The van der Waals surface area contributed by atoms with E-state index in [0.717, 1.165) is 11.4 Å². The number of hydrogen-bond donors (Lipinski definition) is 2. The van der Waals surface area contributed by atoms with Crippen molar-refractivity contribution < 1.29 is 12.9 Å². The van der Waals surface area contributed by atoms with Crippen LogP contribution in [0.4, 0.5) is 0 Å². The van der Waals surface area contributed by atoms with Gasteiger partial charge in [-0.15, -0.1) is 11.3 Å². The Balaban J connectivity index is 1.90. The topological polar surface area (TPSA) is 97.1 Å². The minimum Gasteiger partial charge on any atom is -0.340 e. The van der Waals surface area contributed by atoms with Crippen molar-refractivity contribution in [3.05, 3.63) is 29.2 Å². The summed E-state index contributed by atoms with van der Waals surface area (Å²) in [7, 11) is -3.47. The largest absolute Gasteiger partial charge is 0.340 e. The highest BCUT2D eigenvalue weighted by Gasteiger charge is 2.16. The highest BCUT2D eigenvalue weighted by molar-refractivity contribution is 7.91. The van der Waals surface area contributed by atoms with E-state index >= 15 is 0 Å². The molecule has 7 nitrogen and oxygen atoms in total. The monoisotopic (exact) mass is 316 g/mol. The van der Waals surface area contributed by atoms with Crippen LogP contribution in [0.2, 0.25) is 0 Å². The van der Waals surface area contributed by atoms with Crippen LogP contribution in [0.1, 0.15) is 17.7 Å². The Morgan fingerprint density at radius 3 is 2.95 bits per heavy atom. The summed E-state index contributed by atoms with van der Waals surface area (Å²) in [5.41, 5.74) is 0. The summed E-state index contributed by atoms with van der Waals surface area (Å²) in [6, 6.07) is 3.44. The minimum atomic E-state index is -3.47. The van der Waals surface area contributed by atoms with Gasteiger partial charge < -0.3 is 9.84 Å². The average molecular weight is 316 g/mol. The van der Waals surface area contributed by atoms with Crippen LogP contribution in [-0.2, 0) is 23.0 Å². The Kier molecular flexibility index (Phi) is 5.24. The normalized spacial score (nSPS) is 11.8. The van der Waals surface area contributed by atoms with Crippen LogP contribution in [0.3, 0.4) is 0 Å². The van der Waals surface area contributed by atoms with Gasteiger partial charge in [0.25, 0.3) is 0 Å². The summed E-state index contributed by atoms with van der Waals surface area (Å²) >= 11 is 1.26. The van der Waals surface area contributed by atoms with E-state index in [9.17, 15) is 8.42 Å². The molecular weight excluding hydrogens is 300 g/mol. The second kappa shape index (κ2) is 6.93. The molecule has 9 heteroatoms. The van der Waals surface area contributed by atoms with Crippen molar-refractivity contribution in [1.82, 2.24) is 20.2 Å². The molecule has 0 aromatic carbocycles. The molecule has 0 saturated heterocycles. The van der Waals surface area contributed by atoms with Crippen molar-refractivity contribution in [2.75, 3.05) is 13.1 Å². The van der Waals surface area contributed by atoms with E-state index in [2.05, 4.69) is 20.2 Å². The SMILES string of the molecule is CCNCc1ccc(S(=O)(=O)NCCc2ncno2)s1. The fourth-order valence-corrected chi connectivity index (χ4v) is 3.92. The average Bonchev–Trinajstić information content (AvgIpc) is 3.07. The van der Waals surface area contributed by atoms with Gasteiger partial charge in [0.05, 0.1) is 0 Å². The molecule has 0 aliphatic heterocycles. The lowest BCUT2D eigenvalue weighted by Gasteiger charge is -2.02. The van der Waals surface area contributed by atoms with Crippen LogP contribution in [-0.4, -0.2) is 31.6 Å². The fraction of sp³-hybridized carbons (Fsp3) is 0.455. The number of nitrogens with one attached hydrogen (secondary N) is 2. The third kappa shape index (κ3) is 4.10. The van der Waals surface area contributed by atoms with Gasteiger partial charge in [0, 0.05) is 24.4 Å². The molecule has 0 bridgehead atoms. The lowest BCUT2D eigenvalue weighted by Crippen LogP contribution is -2.25. The van der Waals surface area contributed by atoms with E-state index in [1.807, 2.05) is 13.0 Å². The first-order valence-corrected chi connectivity index (χ1v) is 8.46. The predicted molar refractivity (Wildman–Crippen MR) is 74.9 cm³/mol. The lowest BCUT2D eigenvalue weighted by atomic mass is 10.4. The van der Waals surface area contributed by atoms with Crippen LogP contribution in [0.15, 0.2) is 27.2 Å². The maximum atomic E-state index is 12.1. The van der Waals surface area contributed by atoms with Gasteiger partial charge in [-0.05, 0) is 18.7 Å². The number of aromatic nitrogens is 2. The molecule has 2 N–H and O–H groups in total. The van der Waals surface area contributed by atoms with Crippen molar-refractivity contribution in [3.63, 3.8) is 0 Å². The Bertz CT molecular complexity index is 622. The number of hydrogen-bond acceptors (Lipinski definition) is 7. The van der Waals surface area contributed by atoms with Crippen molar-refractivity contribution in [2.45, 2.75) is 24.1 Å². The molecule has 2 aromatic rings. The highest BCUT2D eigenvalue weighted by Crippen LogP contribution is 2.21. The molecule has 2 rings (SSSR count). The Morgan fingerprint density at radius 1 is 1.40 bits per heavy atom. The van der Waals surface area contributed by atoms with E-state index in [4.69, 9.17) is 4.52 Å². The number of rotatable bonds is 8. The summed E-state index contributed by atoms with van der Waals surface area (Å²) in [5.74, 6) is 0.409. The molecule has 0 saturated carbocycles. The first kappa shape index (κ1) is 15.1. The Hall–Kier alpha value is -1.29. The smallest absolute Gasteiger partial charge is 0.250 e. The summed E-state index contributed by atoms with van der Waals surface area (Å²) in [6.45, 7) is 3.76. The van der Waals surface area contributed by atoms with Gasteiger partial charge in [-0.2, -0.15) is 4.98 Å². The number of sulfonamides is 1. The standard InChI is InChI=1S/C11H16N4O3S2/c1-2-12-7-9-3-4-11(19-9)20(16,17)15-6-5-10-13-8-14-18-10/h3-4,8,12,15H,2,5-7H2,1H3. The van der Waals surface area contributed by atoms with Gasteiger partial charge in [-0.1, -0.05) is 12.1 Å². The van der Waals surface area contributed by atoms with E-state index < -0.39 is 10.0 Å². The zero-order valence-electron chi connectivity index (χ0n) is 11.0. The number of thiophene rings is 1. The molecule has 0 radical (unpaired) electrons. The third-order valence-electron chi connectivity index (χ3n) is 2.49. The van der Waals surface area contributed by atoms with Gasteiger partial charge in [-0.3, -0.25) is 0 Å². The minimum absolute atomic E-state index is 0.227. The summed E-state index contributed by atoms with van der Waals surface area (Å²) < 4.78 is 31.8. The van der Waals surface area contributed by atoms with Crippen LogP contribution in [0.5, 0.6) is 0 Å². The first-order valence-electron chi connectivity index (χ1n) is 6.16. The molecule has 0 fully saturated rings. The Labute approximate surface area is 121 Å². The van der Waals surface area contributed by atoms with Crippen LogP contribution in [0, 0.1) is 0 Å². The van der Waals surface area contributed by atoms with E-state index in [-0.39, 0.29) is 6.54 Å². The van der Waals surface area contributed by atoms with Crippen LogP contribution in [0.25, 0.3) is 0 Å². The molecular formula is C11H16N4O3S2. The fourth-order valence-electron chi connectivity index (χ4n) is 1.52. The summed E-state index contributed by atoms with van der Waals surface area (Å²) in [4.78, 5) is 4.82. The quantitative estimate of drug-likeness (QED) is 0.746. The van der Waals surface area contributed by atoms with Crippen LogP contribution < -0.4 is 10.0 Å².